The van der Waals surface area contributed by atoms with Crippen LogP contribution in [-0.4, -0.2) is 30.2 Å². The van der Waals surface area contributed by atoms with Crippen LogP contribution in [0, 0.1) is 0 Å². The first-order valence-electron chi connectivity index (χ1n) is 5.78. The Labute approximate surface area is 108 Å². The number of imidazole rings is 1. The number of nitrogens with zero attached hydrogens (tertiary/aromatic N) is 5. The normalized spacial score (nSPS) is 11.7. The Kier molecular flexibility index (Phi) is 2.85. The van der Waals surface area contributed by atoms with E-state index in [4.69, 9.17) is 0 Å². The third-order valence-electron chi connectivity index (χ3n) is 2.65. The lowest BCUT2D eigenvalue weighted by Gasteiger charge is -2.08. The van der Waals surface area contributed by atoms with Crippen LogP contribution in [0.25, 0.3) is 10.8 Å². The molecule has 0 fully saturated rings. The molecule has 0 atom stereocenters. The van der Waals surface area contributed by atoms with Crippen LogP contribution in [0.5, 0.6) is 0 Å². The standard InChI is InChI=1S/C11H14N6S/c1-8(2)13-5-9-10(17-7-12-6-14-17)15-11-16(9)3-4-18-11/h3-4,6-8,13H,5H2,1-2H3. The van der Waals surface area contributed by atoms with E-state index >= 15 is 0 Å². The zero-order chi connectivity index (χ0) is 12.5. The van der Waals surface area contributed by atoms with Crippen molar-refractivity contribution >= 4 is 16.3 Å². The van der Waals surface area contributed by atoms with Crippen molar-refractivity contribution in [1.82, 2.24) is 29.5 Å². The molecule has 0 aliphatic carbocycles. The van der Waals surface area contributed by atoms with Crippen LogP contribution in [0.4, 0.5) is 0 Å². The van der Waals surface area contributed by atoms with Gasteiger partial charge in [-0.25, -0.2) is 9.67 Å². The largest absolute Gasteiger partial charge is 0.309 e. The van der Waals surface area contributed by atoms with Crippen LogP contribution < -0.4 is 5.32 Å². The predicted octanol–water partition coefficient (Wildman–Crippen LogP) is 1.47. The molecule has 0 bridgehead atoms. The number of fused-ring (bicyclic) bond motifs is 1. The van der Waals surface area contributed by atoms with Gasteiger partial charge in [0.1, 0.15) is 12.7 Å². The molecular formula is C11H14N6S. The van der Waals surface area contributed by atoms with Gasteiger partial charge in [0.25, 0.3) is 0 Å². The van der Waals surface area contributed by atoms with Crippen molar-refractivity contribution < 1.29 is 0 Å². The molecule has 18 heavy (non-hydrogen) atoms. The van der Waals surface area contributed by atoms with Crippen LogP contribution in [0.3, 0.4) is 0 Å². The van der Waals surface area contributed by atoms with Crippen molar-refractivity contribution in [2.45, 2.75) is 26.4 Å². The third kappa shape index (κ3) is 1.91. The van der Waals surface area contributed by atoms with Gasteiger partial charge in [-0.3, -0.25) is 4.40 Å². The van der Waals surface area contributed by atoms with Crippen LogP contribution in [0.2, 0.25) is 0 Å². The van der Waals surface area contributed by atoms with E-state index in [1.54, 1.807) is 22.3 Å². The second-order valence-electron chi connectivity index (χ2n) is 4.31. The van der Waals surface area contributed by atoms with Gasteiger partial charge in [0.2, 0.25) is 0 Å². The highest BCUT2D eigenvalue weighted by Crippen LogP contribution is 2.19. The van der Waals surface area contributed by atoms with E-state index in [1.807, 2.05) is 11.6 Å². The monoisotopic (exact) mass is 262 g/mol. The fourth-order valence-corrected chi connectivity index (χ4v) is 2.52. The molecule has 0 spiro atoms. The summed E-state index contributed by atoms with van der Waals surface area (Å²) in [6.07, 6.45) is 5.23. The molecule has 1 N–H and O–H groups in total. The first-order chi connectivity index (χ1) is 8.75. The second-order valence-corrected chi connectivity index (χ2v) is 5.19. The van der Waals surface area contributed by atoms with Crippen LogP contribution in [0.15, 0.2) is 24.2 Å². The van der Waals surface area contributed by atoms with E-state index in [1.165, 1.54) is 6.33 Å². The summed E-state index contributed by atoms with van der Waals surface area (Å²) < 4.78 is 3.80. The minimum Gasteiger partial charge on any atom is -0.309 e. The lowest BCUT2D eigenvalue weighted by atomic mass is 10.3. The Hall–Kier alpha value is -1.73. The van der Waals surface area contributed by atoms with Crippen molar-refractivity contribution in [3.63, 3.8) is 0 Å². The molecule has 0 unspecified atom stereocenters. The van der Waals surface area contributed by atoms with E-state index in [9.17, 15) is 0 Å². The fraction of sp³-hybridized carbons (Fsp3) is 0.364. The average molecular weight is 262 g/mol. The summed E-state index contributed by atoms with van der Waals surface area (Å²) in [5, 5.41) is 9.60. The van der Waals surface area contributed by atoms with Gasteiger partial charge in [-0.05, 0) is 0 Å². The maximum Gasteiger partial charge on any atom is 0.196 e. The lowest BCUT2D eigenvalue weighted by Crippen LogP contribution is -2.23. The summed E-state index contributed by atoms with van der Waals surface area (Å²) in [6.45, 7) is 5.01. The molecule has 3 rings (SSSR count). The zero-order valence-electron chi connectivity index (χ0n) is 10.2. The maximum absolute atomic E-state index is 4.60. The van der Waals surface area contributed by atoms with Crippen LogP contribution >= 0.6 is 11.3 Å². The van der Waals surface area contributed by atoms with E-state index in [2.05, 4.69) is 38.6 Å². The molecule has 0 aromatic carbocycles. The Morgan fingerprint density at radius 1 is 1.44 bits per heavy atom. The third-order valence-corrected chi connectivity index (χ3v) is 3.41. The first kappa shape index (κ1) is 11.4. The van der Waals surface area contributed by atoms with E-state index in [0.717, 1.165) is 23.0 Å². The molecule has 0 saturated heterocycles. The molecule has 3 aromatic rings. The first-order valence-corrected chi connectivity index (χ1v) is 6.66. The molecule has 6 nitrogen and oxygen atoms in total. The molecule has 0 aliphatic heterocycles. The number of aromatic nitrogens is 5. The Morgan fingerprint density at radius 2 is 2.33 bits per heavy atom. The number of hydrogen-bond donors (Lipinski definition) is 1. The van der Waals surface area contributed by atoms with Gasteiger partial charge in [-0.15, -0.1) is 11.3 Å². The van der Waals surface area contributed by atoms with E-state index in [-0.39, 0.29) is 0 Å². The van der Waals surface area contributed by atoms with E-state index < -0.39 is 0 Å². The lowest BCUT2D eigenvalue weighted by molar-refractivity contribution is 0.577. The fourth-order valence-electron chi connectivity index (χ4n) is 1.79. The molecular weight excluding hydrogens is 248 g/mol. The van der Waals surface area contributed by atoms with Gasteiger partial charge in [0.15, 0.2) is 10.8 Å². The van der Waals surface area contributed by atoms with E-state index in [0.29, 0.717) is 6.04 Å². The van der Waals surface area contributed by atoms with Gasteiger partial charge < -0.3 is 5.32 Å². The molecule has 0 aliphatic rings. The Balaban J connectivity index is 2.06. The van der Waals surface area contributed by atoms with Crippen LogP contribution in [-0.2, 0) is 6.54 Å². The smallest absolute Gasteiger partial charge is 0.196 e. The highest BCUT2D eigenvalue weighted by Gasteiger charge is 2.15. The molecule has 0 radical (unpaired) electrons. The number of hydrogen-bond acceptors (Lipinski definition) is 5. The summed E-state index contributed by atoms with van der Waals surface area (Å²) in [7, 11) is 0. The van der Waals surface area contributed by atoms with Crippen molar-refractivity contribution in [2.75, 3.05) is 0 Å². The topological polar surface area (TPSA) is 60.0 Å². The number of rotatable bonds is 4. The molecule has 3 heterocycles. The minimum atomic E-state index is 0.429. The second kappa shape index (κ2) is 4.51. The summed E-state index contributed by atoms with van der Waals surface area (Å²) in [4.78, 5) is 9.54. The highest BCUT2D eigenvalue weighted by atomic mass is 32.1. The van der Waals surface area contributed by atoms with Crippen molar-refractivity contribution in [1.29, 1.82) is 0 Å². The predicted molar refractivity (Wildman–Crippen MR) is 70.0 cm³/mol. The Morgan fingerprint density at radius 3 is 3.06 bits per heavy atom. The number of thiazole rings is 1. The van der Waals surface area contributed by atoms with Gasteiger partial charge >= 0.3 is 0 Å². The molecule has 3 aromatic heterocycles. The molecule has 7 heteroatoms. The van der Waals surface area contributed by atoms with Gasteiger partial charge in [0, 0.05) is 24.2 Å². The number of nitrogens with one attached hydrogen (secondary N) is 1. The summed E-state index contributed by atoms with van der Waals surface area (Å²) >= 11 is 1.62. The SMILES string of the molecule is CC(C)NCc1c(-n2cncn2)nc2sccn12. The minimum absolute atomic E-state index is 0.429. The van der Waals surface area contributed by atoms with Gasteiger partial charge in [-0.1, -0.05) is 13.8 Å². The van der Waals surface area contributed by atoms with Crippen molar-refractivity contribution in [3.05, 3.63) is 29.9 Å². The molecule has 0 saturated carbocycles. The van der Waals surface area contributed by atoms with Gasteiger partial charge in [-0.2, -0.15) is 10.1 Å². The van der Waals surface area contributed by atoms with Crippen molar-refractivity contribution in [2.24, 2.45) is 0 Å². The quantitative estimate of drug-likeness (QED) is 0.773. The summed E-state index contributed by atoms with van der Waals surface area (Å²) in [5.41, 5.74) is 1.10. The summed E-state index contributed by atoms with van der Waals surface area (Å²) in [5.74, 6) is 0.840. The average Bonchev–Trinajstić information content (AvgIpc) is 3.02. The van der Waals surface area contributed by atoms with Gasteiger partial charge in [0.05, 0.1) is 5.69 Å². The van der Waals surface area contributed by atoms with Crippen LogP contribution in [0.1, 0.15) is 19.5 Å². The maximum atomic E-state index is 4.60. The molecule has 0 amide bonds. The molecule has 94 valence electrons. The summed E-state index contributed by atoms with van der Waals surface area (Å²) in [6, 6.07) is 0.429. The highest BCUT2D eigenvalue weighted by molar-refractivity contribution is 7.15. The Bertz CT molecular complexity index is 636. The zero-order valence-corrected chi connectivity index (χ0v) is 11.1. The van der Waals surface area contributed by atoms with Crippen molar-refractivity contribution in [3.8, 4) is 5.82 Å².